The van der Waals surface area contributed by atoms with Crippen molar-refractivity contribution >= 4 is 15.9 Å². The molecule has 0 atom stereocenters. The molecule has 0 aliphatic carbocycles. The molecule has 0 unspecified atom stereocenters. The van der Waals surface area contributed by atoms with Crippen molar-refractivity contribution in [1.82, 2.24) is 20.0 Å². The van der Waals surface area contributed by atoms with Gasteiger partial charge < -0.3 is 0 Å². The second-order valence-corrected chi connectivity index (χ2v) is 6.33. The second kappa shape index (κ2) is 6.57. The van der Waals surface area contributed by atoms with E-state index >= 15 is 0 Å². The predicted octanol–water partition coefficient (Wildman–Crippen LogP) is 4.90. The van der Waals surface area contributed by atoms with E-state index in [9.17, 15) is 4.39 Å². The van der Waals surface area contributed by atoms with Gasteiger partial charge in [0.1, 0.15) is 17.2 Å². The van der Waals surface area contributed by atoms with E-state index in [1.807, 2.05) is 36.4 Å². The van der Waals surface area contributed by atoms with Gasteiger partial charge in [0.15, 0.2) is 0 Å². The summed E-state index contributed by atoms with van der Waals surface area (Å²) in [6.45, 7) is 0. The first-order valence-corrected chi connectivity index (χ1v) is 8.39. The molecule has 0 fully saturated rings. The number of halogens is 2. The smallest absolute Gasteiger partial charge is 0.123 e. The van der Waals surface area contributed by atoms with E-state index < -0.39 is 0 Å². The van der Waals surface area contributed by atoms with Crippen molar-refractivity contribution in [2.45, 2.75) is 0 Å². The number of hydrogen-bond donors (Lipinski definition) is 0. The molecule has 2 aromatic heterocycles. The summed E-state index contributed by atoms with van der Waals surface area (Å²) in [5.74, 6) is -0.283. The molecule has 6 heteroatoms. The Morgan fingerprint density at radius 1 is 0.800 bits per heavy atom. The quantitative estimate of drug-likeness (QED) is 0.496. The van der Waals surface area contributed by atoms with Crippen LogP contribution >= 0.6 is 15.9 Å². The molecule has 2 heterocycles. The Hall–Kier alpha value is -2.86. The Balaban J connectivity index is 1.94. The Bertz CT molecular complexity index is 933. The van der Waals surface area contributed by atoms with Crippen LogP contribution in [0, 0.1) is 5.82 Å². The summed E-state index contributed by atoms with van der Waals surface area (Å²) in [4.78, 5) is 4.08. The van der Waals surface area contributed by atoms with Crippen LogP contribution in [0.5, 0.6) is 0 Å². The molecule has 4 nitrogen and oxygen atoms in total. The summed E-state index contributed by atoms with van der Waals surface area (Å²) in [6, 6.07) is 17.9. The van der Waals surface area contributed by atoms with Crippen LogP contribution in [0.3, 0.4) is 0 Å². The third-order valence-electron chi connectivity index (χ3n) is 3.81. The van der Waals surface area contributed by atoms with Gasteiger partial charge >= 0.3 is 0 Å². The lowest BCUT2D eigenvalue weighted by molar-refractivity contribution is 0.628. The van der Waals surface area contributed by atoms with Gasteiger partial charge in [-0.2, -0.15) is 0 Å². The monoisotopic (exact) mass is 394 g/mol. The highest BCUT2D eigenvalue weighted by atomic mass is 79.9. The first kappa shape index (κ1) is 15.7. The van der Waals surface area contributed by atoms with Gasteiger partial charge in [-0.15, -0.1) is 5.10 Å². The maximum absolute atomic E-state index is 13.3. The summed E-state index contributed by atoms with van der Waals surface area (Å²) in [5, 5.41) is 8.68. The molecule has 25 heavy (non-hydrogen) atoms. The van der Waals surface area contributed by atoms with Crippen molar-refractivity contribution in [3.8, 4) is 28.2 Å². The van der Waals surface area contributed by atoms with Gasteiger partial charge in [0.05, 0.1) is 5.69 Å². The van der Waals surface area contributed by atoms with Gasteiger partial charge in [0.25, 0.3) is 0 Å². The maximum atomic E-state index is 13.3. The molecule has 0 aliphatic heterocycles. The fraction of sp³-hybridized carbons (Fsp3) is 0. The maximum Gasteiger partial charge on any atom is 0.123 e. The summed E-state index contributed by atoms with van der Waals surface area (Å²) >= 11 is 3.44. The fourth-order valence-electron chi connectivity index (χ4n) is 2.62. The highest BCUT2D eigenvalue weighted by Gasteiger charge is 2.18. The van der Waals surface area contributed by atoms with Crippen LogP contribution < -0.4 is 0 Å². The highest BCUT2D eigenvalue weighted by Crippen LogP contribution is 2.32. The first-order valence-electron chi connectivity index (χ1n) is 7.60. The zero-order chi connectivity index (χ0) is 17.2. The Labute approximate surface area is 152 Å². The van der Waals surface area contributed by atoms with Crippen LogP contribution in [0.4, 0.5) is 4.39 Å². The Morgan fingerprint density at radius 3 is 2.16 bits per heavy atom. The van der Waals surface area contributed by atoms with E-state index in [4.69, 9.17) is 0 Å². The Kier molecular flexibility index (Phi) is 4.11. The van der Waals surface area contributed by atoms with Crippen LogP contribution in [0.1, 0.15) is 0 Å². The average Bonchev–Trinajstić information content (AvgIpc) is 3.09. The molecule has 0 saturated heterocycles. The molecular weight excluding hydrogens is 383 g/mol. The standard InChI is InChI=1S/C19H12BrFN4/c20-15-3-7-17(8-4-15)25-19(14-9-11-22-12-10-14)18(23-24-25)13-1-5-16(21)6-2-13/h1-12H. The van der Waals surface area contributed by atoms with Gasteiger partial charge in [0.2, 0.25) is 0 Å². The van der Waals surface area contributed by atoms with Crippen LogP contribution in [0.2, 0.25) is 0 Å². The van der Waals surface area contributed by atoms with E-state index in [1.165, 1.54) is 12.1 Å². The predicted molar refractivity (Wildman–Crippen MR) is 97.7 cm³/mol. The number of nitrogens with zero attached hydrogens (tertiary/aromatic N) is 4. The number of hydrogen-bond acceptors (Lipinski definition) is 3. The van der Waals surface area contributed by atoms with Gasteiger partial charge in [-0.25, -0.2) is 9.07 Å². The van der Waals surface area contributed by atoms with Crippen molar-refractivity contribution < 1.29 is 4.39 Å². The molecule has 0 saturated carbocycles. The molecular formula is C19H12BrFN4. The third-order valence-corrected chi connectivity index (χ3v) is 4.34. The number of benzene rings is 2. The molecule has 122 valence electrons. The average molecular weight is 395 g/mol. The molecule has 0 bridgehead atoms. The van der Waals surface area contributed by atoms with E-state index in [2.05, 4.69) is 31.2 Å². The summed E-state index contributed by atoms with van der Waals surface area (Å²) in [5.41, 5.74) is 4.14. The lowest BCUT2D eigenvalue weighted by Gasteiger charge is -2.08. The van der Waals surface area contributed by atoms with Crippen molar-refractivity contribution in [3.63, 3.8) is 0 Å². The van der Waals surface area contributed by atoms with Crippen LogP contribution in [0.25, 0.3) is 28.2 Å². The Morgan fingerprint density at radius 2 is 1.48 bits per heavy atom. The topological polar surface area (TPSA) is 43.6 Å². The largest absolute Gasteiger partial charge is 0.265 e. The lowest BCUT2D eigenvalue weighted by atomic mass is 10.1. The third kappa shape index (κ3) is 3.08. The van der Waals surface area contributed by atoms with Gasteiger partial charge in [-0.3, -0.25) is 4.98 Å². The van der Waals surface area contributed by atoms with Crippen molar-refractivity contribution in [2.75, 3.05) is 0 Å². The number of pyridine rings is 1. The molecule has 4 rings (SSSR count). The molecule has 2 aromatic carbocycles. The number of aromatic nitrogens is 4. The SMILES string of the molecule is Fc1ccc(-c2nnn(-c3ccc(Br)cc3)c2-c2ccncc2)cc1. The van der Waals surface area contributed by atoms with Crippen LogP contribution in [0.15, 0.2) is 77.5 Å². The number of rotatable bonds is 3. The van der Waals surface area contributed by atoms with Crippen LogP contribution in [-0.4, -0.2) is 20.0 Å². The normalized spacial score (nSPS) is 10.8. The highest BCUT2D eigenvalue weighted by molar-refractivity contribution is 9.10. The summed E-state index contributed by atoms with van der Waals surface area (Å²) in [7, 11) is 0. The molecule has 0 spiro atoms. The minimum atomic E-state index is -0.283. The van der Waals surface area contributed by atoms with E-state index in [0.29, 0.717) is 5.69 Å². The summed E-state index contributed by atoms with van der Waals surface area (Å²) in [6.07, 6.45) is 3.45. The minimum absolute atomic E-state index is 0.283. The molecule has 0 amide bonds. The van der Waals surface area contributed by atoms with E-state index in [-0.39, 0.29) is 5.82 Å². The zero-order valence-corrected chi connectivity index (χ0v) is 14.6. The van der Waals surface area contributed by atoms with Crippen molar-refractivity contribution in [3.05, 3.63) is 83.3 Å². The van der Waals surface area contributed by atoms with Crippen LogP contribution in [-0.2, 0) is 0 Å². The van der Waals surface area contributed by atoms with Gasteiger partial charge in [-0.05, 0) is 60.7 Å². The lowest BCUT2D eigenvalue weighted by Crippen LogP contribution is -1.99. The van der Waals surface area contributed by atoms with E-state index in [0.717, 1.165) is 27.0 Å². The molecule has 0 aliphatic rings. The molecule has 0 N–H and O–H groups in total. The first-order chi connectivity index (χ1) is 12.2. The van der Waals surface area contributed by atoms with Crippen molar-refractivity contribution in [1.29, 1.82) is 0 Å². The fourth-order valence-corrected chi connectivity index (χ4v) is 2.88. The van der Waals surface area contributed by atoms with E-state index in [1.54, 1.807) is 29.2 Å². The van der Waals surface area contributed by atoms with Gasteiger partial charge in [-0.1, -0.05) is 21.1 Å². The van der Waals surface area contributed by atoms with Gasteiger partial charge in [0, 0.05) is 28.0 Å². The molecule has 4 aromatic rings. The summed E-state index contributed by atoms with van der Waals surface area (Å²) < 4.78 is 16.0. The molecule has 0 radical (unpaired) electrons. The zero-order valence-electron chi connectivity index (χ0n) is 13.0. The minimum Gasteiger partial charge on any atom is -0.265 e. The second-order valence-electron chi connectivity index (χ2n) is 5.42. The van der Waals surface area contributed by atoms with Crippen molar-refractivity contribution in [2.24, 2.45) is 0 Å².